The second-order valence-corrected chi connectivity index (χ2v) is 10.9. The van der Waals surface area contributed by atoms with E-state index in [1.807, 2.05) is 12.1 Å². The Balaban J connectivity index is 1.57. The topological polar surface area (TPSA) is 118 Å². The van der Waals surface area contributed by atoms with Crippen LogP contribution in [0.4, 0.5) is 0 Å². The first-order chi connectivity index (χ1) is 19.9. The molecule has 3 aromatic carbocycles. The highest BCUT2D eigenvalue weighted by atomic mass is 16.4. The molecule has 0 aliphatic rings. The summed E-state index contributed by atoms with van der Waals surface area (Å²) >= 11 is 0. The molecule has 0 saturated carbocycles. The Labute approximate surface area is 244 Å². The maximum absolute atomic E-state index is 11.5. The highest BCUT2D eigenvalue weighted by Crippen LogP contribution is 2.19. The quantitative estimate of drug-likeness (QED) is 0.289. The number of aryl methyl sites for hydroxylation is 6. The Hall–Kier alpha value is -5.05. The number of rotatable bonds is 7. The number of aromatic carboxylic acids is 2. The number of benzene rings is 3. The van der Waals surface area contributed by atoms with E-state index in [0.29, 0.717) is 5.69 Å². The normalized spacial score (nSPS) is 11.0. The van der Waals surface area contributed by atoms with Crippen molar-refractivity contribution in [1.29, 1.82) is 0 Å². The lowest BCUT2D eigenvalue weighted by Gasteiger charge is -2.24. The summed E-state index contributed by atoms with van der Waals surface area (Å²) in [6, 6.07) is 19.7. The minimum atomic E-state index is -1.33. The van der Waals surface area contributed by atoms with Gasteiger partial charge in [0.1, 0.15) is 5.69 Å². The first kappa shape index (κ1) is 28.5. The summed E-state index contributed by atoms with van der Waals surface area (Å²) < 4.78 is 1.35. The highest BCUT2D eigenvalue weighted by molar-refractivity contribution is 6.96. The Kier molecular flexibility index (Phi) is 7.52. The fourth-order valence-electron chi connectivity index (χ4n) is 6.01. The van der Waals surface area contributed by atoms with Crippen LogP contribution in [0.25, 0.3) is 16.9 Å². The summed E-state index contributed by atoms with van der Waals surface area (Å²) in [6.07, 6.45) is 1.64. The van der Waals surface area contributed by atoms with Gasteiger partial charge in [-0.2, -0.15) is 0 Å². The third kappa shape index (κ3) is 5.45. The molecule has 42 heavy (non-hydrogen) atoms. The monoisotopic (exact) mass is 558 g/mol. The van der Waals surface area contributed by atoms with Gasteiger partial charge in [0.15, 0.2) is 11.4 Å². The van der Waals surface area contributed by atoms with Crippen LogP contribution in [0, 0.1) is 41.5 Å². The van der Waals surface area contributed by atoms with Crippen molar-refractivity contribution in [3.05, 3.63) is 112 Å². The summed E-state index contributed by atoms with van der Waals surface area (Å²) in [6.45, 7) is 13.0. The lowest BCUT2D eigenvalue weighted by molar-refractivity contribution is 0.0685. The molecular formula is C33H31BN4O4. The number of pyridine rings is 1. The van der Waals surface area contributed by atoms with Crippen LogP contribution in [0.5, 0.6) is 0 Å². The summed E-state index contributed by atoms with van der Waals surface area (Å²) in [4.78, 5) is 26.7. The number of hydrogen-bond acceptors (Lipinski definition) is 5. The molecule has 0 fully saturated rings. The van der Waals surface area contributed by atoms with Crippen molar-refractivity contribution < 1.29 is 19.8 Å². The lowest BCUT2D eigenvalue weighted by atomic mass is 9.34. The van der Waals surface area contributed by atoms with Gasteiger partial charge in [0.25, 0.3) is 0 Å². The van der Waals surface area contributed by atoms with E-state index in [0.717, 1.165) is 11.0 Å². The maximum atomic E-state index is 11.5. The molecular weight excluding hydrogens is 527 g/mol. The summed E-state index contributed by atoms with van der Waals surface area (Å²) in [5, 5.41) is 27.2. The third-order valence-electron chi connectivity index (χ3n) is 7.60. The van der Waals surface area contributed by atoms with Gasteiger partial charge in [0.05, 0.1) is 11.9 Å². The number of carboxylic acid groups (broad SMARTS) is 2. The maximum Gasteiger partial charge on any atom is 0.354 e. The van der Waals surface area contributed by atoms with Crippen molar-refractivity contribution in [2.24, 2.45) is 0 Å². The van der Waals surface area contributed by atoms with Gasteiger partial charge in [-0.1, -0.05) is 104 Å². The SMILES string of the molecule is Cc1cc(C)c(B(c2ccc(-c3cn(-c4cc(C(=O)O)nc(C(=O)O)c4)nn3)cc2)c2c(C)cc(C)cc2C)c(C)c1. The van der Waals surface area contributed by atoms with Crippen molar-refractivity contribution in [2.75, 3.05) is 0 Å². The van der Waals surface area contributed by atoms with E-state index in [9.17, 15) is 19.8 Å². The molecule has 2 aromatic heterocycles. The van der Waals surface area contributed by atoms with E-state index in [4.69, 9.17) is 0 Å². The summed E-state index contributed by atoms with van der Waals surface area (Å²) in [5.41, 5.74) is 12.1. The van der Waals surface area contributed by atoms with Crippen molar-refractivity contribution in [3.8, 4) is 16.9 Å². The number of carbonyl (C=O) groups is 2. The van der Waals surface area contributed by atoms with Crippen LogP contribution >= 0.6 is 0 Å². The van der Waals surface area contributed by atoms with Crippen LogP contribution in [0.1, 0.15) is 54.4 Å². The van der Waals surface area contributed by atoms with Crippen molar-refractivity contribution in [3.63, 3.8) is 0 Å². The fourth-order valence-corrected chi connectivity index (χ4v) is 6.01. The molecule has 0 radical (unpaired) electrons. The lowest BCUT2D eigenvalue weighted by Crippen LogP contribution is -2.55. The van der Waals surface area contributed by atoms with Gasteiger partial charge >= 0.3 is 11.9 Å². The number of carboxylic acids is 2. The van der Waals surface area contributed by atoms with Crippen LogP contribution in [-0.4, -0.2) is 48.8 Å². The van der Waals surface area contributed by atoms with Gasteiger partial charge in [-0.25, -0.2) is 19.3 Å². The summed E-state index contributed by atoms with van der Waals surface area (Å²) in [7, 11) is 0. The highest BCUT2D eigenvalue weighted by Gasteiger charge is 2.28. The zero-order valence-electron chi connectivity index (χ0n) is 24.4. The molecule has 0 saturated heterocycles. The standard InChI is InChI=1S/C33H31BN4O4/c1-18-11-20(3)30(21(4)12-18)34(31-22(5)13-19(2)14-23(31)6)25-9-7-24(8-10-25)29-17-38(37-36-29)26-15-27(32(39)40)35-28(16-26)33(41)42/h7-17H,1-6H3,(H,39,40)(H,41,42). The van der Waals surface area contributed by atoms with E-state index < -0.39 is 11.9 Å². The molecule has 9 heteroatoms. The molecule has 0 unspecified atom stereocenters. The van der Waals surface area contributed by atoms with E-state index in [1.54, 1.807) is 6.20 Å². The van der Waals surface area contributed by atoms with Gasteiger partial charge in [0.2, 0.25) is 6.71 Å². The van der Waals surface area contributed by atoms with Gasteiger partial charge in [-0.15, -0.1) is 5.10 Å². The molecule has 0 aliphatic carbocycles. The minimum Gasteiger partial charge on any atom is -0.477 e. The second kappa shape index (κ2) is 11.1. The average Bonchev–Trinajstić information content (AvgIpc) is 3.41. The number of aromatic nitrogens is 4. The van der Waals surface area contributed by atoms with Crippen LogP contribution in [0.15, 0.2) is 66.9 Å². The second-order valence-electron chi connectivity index (χ2n) is 10.9. The molecule has 5 rings (SSSR count). The zero-order valence-corrected chi connectivity index (χ0v) is 24.4. The molecule has 0 atom stereocenters. The van der Waals surface area contributed by atoms with Gasteiger partial charge in [-0.05, 0) is 53.7 Å². The molecule has 5 aromatic rings. The number of nitrogens with zero attached hydrogens (tertiary/aromatic N) is 4. The molecule has 2 N–H and O–H groups in total. The molecule has 0 aliphatic heterocycles. The molecule has 0 spiro atoms. The van der Waals surface area contributed by atoms with Crippen LogP contribution in [-0.2, 0) is 0 Å². The predicted molar refractivity (Wildman–Crippen MR) is 164 cm³/mol. The van der Waals surface area contributed by atoms with E-state index in [2.05, 4.69) is 93.2 Å². The van der Waals surface area contributed by atoms with E-state index in [-0.39, 0.29) is 23.8 Å². The molecule has 0 amide bonds. The Morgan fingerprint density at radius 2 is 1.14 bits per heavy atom. The summed E-state index contributed by atoms with van der Waals surface area (Å²) in [5.74, 6) is -2.66. The molecule has 2 heterocycles. The number of hydrogen-bond donors (Lipinski definition) is 2. The largest absolute Gasteiger partial charge is 0.477 e. The average molecular weight is 558 g/mol. The van der Waals surface area contributed by atoms with Gasteiger partial charge in [0, 0.05) is 5.56 Å². The fraction of sp³-hybridized carbons (Fsp3) is 0.182. The van der Waals surface area contributed by atoms with Crippen LogP contribution in [0.3, 0.4) is 0 Å². The minimum absolute atomic E-state index is 0.0385. The van der Waals surface area contributed by atoms with Crippen LogP contribution in [0.2, 0.25) is 0 Å². The van der Waals surface area contributed by atoms with Crippen molar-refractivity contribution in [1.82, 2.24) is 20.0 Å². The predicted octanol–water partition coefficient (Wildman–Crippen LogP) is 4.09. The molecule has 8 nitrogen and oxygen atoms in total. The van der Waals surface area contributed by atoms with Crippen LogP contribution < -0.4 is 16.4 Å². The Morgan fingerprint density at radius 3 is 1.57 bits per heavy atom. The Morgan fingerprint density at radius 1 is 0.690 bits per heavy atom. The molecule has 0 bridgehead atoms. The van der Waals surface area contributed by atoms with E-state index in [1.165, 1.54) is 61.1 Å². The van der Waals surface area contributed by atoms with Crippen molar-refractivity contribution in [2.45, 2.75) is 41.5 Å². The zero-order chi connectivity index (χ0) is 30.3. The molecule has 210 valence electrons. The van der Waals surface area contributed by atoms with Crippen molar-refractivity contribution >= 4 is 35.0 Å². The van der Waals surface area contributed by atoms with E-state index >= 15 is 0 Å². The smallest absolute Gasteiger partial charge is 0.354 e. The Bertz CT molecular complexity index is 1730. The van der Waals surface area contributed by atoms with Gasteiger partial charge in [-0.3, -0.25) is 0 Å². The first-order valence-corrected chi connectivity index (χ1v) is 13.6. The third-order valence-corrected chi connectivity index (χ3v) is 7.60. The van der Waals surface area contributed by atoms with Gasteiger partial charge < -0.3 is 10.2 Å². The first-order valence-electron chi connectivity index (χ1n) is 13.6.